The molecule has 1 atom stereocenters. The molecule has 0 nitrogen and oxygen atoms in total. The van der Waals surface area contributed by atoms with Crippen LogP contribution < -0.4 is 0 Å². The lowest BCUT2D eigenvalue weighted by molar-refractivity contribution is 0.627. The van der Waals surface area contributed by atoms with Crippen molar-refractivity contribution in [3.05, 3.63) is 71.0 Å². The highest BCUT2D eigenvalue weighted by Gasteiger charge is 2.08. The van der Waals surface area contributed by atoms with Crippen molar-refractivity contribution in [1.82, 2.24) is 0 Å². The van der Waals surface area contributed by atoms with Gasteiger partial charge in [0.05, 0.1) is 0 Å². The second-order valence-corrected chi connectivity index (χ2v) is 6.25. The molecule has 0 saturated heterocycles. The van der Waals surface area contributed by atoms with Crippen molar-refractivity contribution < 1.29 is 4.39 Å². The molecule has 0 bridgehead atoms. The van der Waals surface area contributed by atoms with Crippen LogP contribution in [0.4, 0.5) is 4.39 Å². The number of halogens is 2. The Bertz CT molecular complexity index is 516. The van der Waals surface area contributed by atoms with E-state index in [1.165, 1.54) is 36.1 Å². The summed E-state index contributed by atoms with van der Waals surface area (Å²) in [5, 5.41) is 0. The summed E-state index contributed by atoms with van der Waals surface area (Å²) in [6, 6.07) is 15.5. The van der Waals surface area contributed by atoms with E-state index < -0.39 is 0 Å². The van der Waals surface area contributed by atoms with E-state index in [1.54, 1.807) is 0 Å². The van der Waals surface area contributed by atoms with Crippen LogP contribution in [0.5, 0.6) is 0 Å². The molecule has 0 fully saturated rings. The molecule has 2 aromatic carbocycles. The van der Waals surface area contributed by atoms with Gasteiger partial charge in [0.1, 0.15) is 5.82 Å². The molecule has 0 heterocycles. The highest BCUT2D eigenvalue weighted by molar-refractivity contribution is 9.09. The van der Waals surface area contributed by atoms with Gasteiger partial charge in [-0.3, -0.25) is 0 Å². The Kier molecular flexibility index (Phi) is 5.78. The molecule has 2 aromatic rings. The number of rotatable bonds is 6. The first-order valence-corrected chi connectivity index (χ1v) is 8.08. The monoisotopic (exact) mass is 334 g/mol. The van der Waals surface area contributed by atoms with Gasteiger partial charge >= 0.3 is 0 Å². The molecule has 0 spiro atoms. The maximum atomic E-state index is 12.9. The first-order chi connectivity index (χ1) is 9.69. The van der Waals surface area contributed by atoms with Gasteiger partial charge in [-0.1, -0.05) is 65.7 Å². The van der Waals surface area contributed by atoms with Crippen LogP contribution in [0, 0.1) is 5.82 Å². The van der Waals surface area contributed by atoms with Gasteiger partial charge < -0.3 is 0 Å². The maximum Gasteiger partial charge on any atom is 0.123 e. The van der Waals surface area contributed by atoms with E-state index in [1.807, 2.05) is 12.1 Å². The molecular weight excluding hydrogens is 315 g/mol. The average molecular weight is 335 g/mol. The molecule has 0 N–H and O–H groups in total. The number of benzene rings is 2. The van der Waals surface area contributed by atoms with Crippen molar-refractivity contribution in [1.29, 1.82) is 0 Å². The zero-order valence-electron chi connectivity index (χ0n) is 11.8. The van der Waals surface area contributed by atoms with E-state index in [4.69, 9.17) is 0 Å². The fourth-order valence-electron chi connectivity index (χ4n) is 2.22. The van der Waals surface area contributed by atoms with Crippen LogP contribution in [0.2, 0.25) is 0 Å². The number of hydrogen-bond donors (Lipinski definition) is 0. The zero-order valence-corrected chi connectivity index (χ0v) is 13.4. The smallest absolute Gasteiger partial charge is 0.123 e. The quantitative estimate of drug-likeness (QED) is 0.581. The lowest BCUT2D eigenvalue weighted by Crippen LogP contribution is -1.96. The summed E-state index contributed by atoms with van der Waals surface area (Å²) in [5.74, 6) is -0.180. The first-order valence-electron chi connectivity index (χ1n) is 7.16. The summed E-state index contributed by atoms with van der Waals surface area (Å²) >= 11 is 3.72. The van der Waals surface area contributed by atoms with Crippen LogP contribution in [0.1, 0.15) is 41.3 Å². The lowest BCUT2D eigenvalue weighted by Gasteiger charge is -2.11. The number of unbranched alkanes of at least 4 members (excludes halogenated alkanes) is 1. The molecule has 0 aromatic heterocycles. The SMILES string of the molecule is CCCCc1ccc(C(Br)Cc2ccc(F)cc2)cc1. The van der Waals surface area contributed by atoms with Crippen molar-refractivity contribution in [2.24, 2.45) is 0 Å². The Morgan fingerprint density at radius 3 is 2.15 bits per heavy atom. The van der Waals surface area contributed by atoms with E-state index in [0.29, 0.717) is 0 Å². The largest absolute Gasteiger partial charge is 0.207 e. The van der Waals surface area contributed by atoms with Gasteiger partial charge in [-0.2, -0.15) is 0 Å². The number of hydrogen-bond acceptors (Lipinski definition) is 0. The minimum absolute atomic E-state index is 0.180. The minimum Gasteiger partial charge on any atom is -0.207 e. The highest BCUT2D eigenvalue weighted by atomic mass is 79.9. The van der Waals surface area contributed by atoms with Crippen molar-refractivity contribution in [3.63, 3.8) is 0 Å². The predicted octanol–water partition coefficient (Wildman–Crippen LogP) is 5.85. The van der Waals surface area contributed by atoms with E-state index in [-0.39, 0.29) is 10.6 Å². The lowest BCUT2D eigenvalue weighted by atomic mass is 10.0. The maximum absolute atomic E-state index is 12.9. The van der Waals surface area contributed by atoms with Gasteiger partial charge in [0.2, 0.25) is 0 Å². The standard InChI is InChI=1S/C18H20BrF/c1-2-3-4-14-5-9-16(10-6-14)18(19)13-15-7-11-17(20)12-8-15/h5-12,18H,2-4,13H2,1H3. The topological polar surface area (TPSA) is 0 Å². The molecule has 0 aliphatic carbocycles. The Hall–Kier alpha value is -1.15. The predicted molar refractivity (Wildman–Crippen MR) is 86.8 cm³/mol. The van der Waals surface area contributed by atoms with Crippen molar-refractivity contribution in [2.75, 3.05) is 0 Å². The van der Waals surface area contributed by atoms with Gasteiger partial charge in [-0.05, 0) is 48.1 Å². The highest BCUT2D eigenvalue weighted by Crippen LogP contribution is 2.27. The molecule has 0 amide bonds. The Balaban J connectivity index is 1.98. The summed E-state index contributed by atoms with van der Waals surface area (Å²) in [5.41, 5.74) is 3.81. The van der Waals surface area contributed by atoms with E-state index in [9.17, 15) is 4.39 Å². The second kappa shape index (κ2) is 7.58. The van der Waals surface area contributed by atoms with Gasteiger partial charge in [-0.15, -0.1) is 0 Å². The third kappa shape index (κ3) is 4.45. The number of alkyl halides is 1. The van der Waals surface area contributed by atoms with E-state index in [2.05, 4.69) is 47.1 Å². The minimum atomic E-state index is -0.180. The second-order valence-electron chi connectivity index (χ2n) is 5.14. The van der Waals surface area contributed by atoms with Crippen LogP contribution in [0.15, 0.2) is 48.5 Å². The van der Waals surface area contributed by atoms with Crippen molar-refractivity contribution >= 4 is 15.9 Å². The third-order valence-electron chi connectivity index (χ3n) is 3.49. The summed E-state index contributed by atoms with van der Waals surface area (Å²) in [4.78, 5) is 0.271. The molecule has 2 rings (SSSR count). The Morgan fingerprint density at radius 2 is 1.55 bits per heavy atom. The van der Waals surface area contributed by atoms with Crippen LogP contribution in [0.25, 0.3) is 0 Å². The normalized spacial score (nSPS) is 12.3. The van der Waals surface area contributed by atoms with Gasteiger partial charge in [0.25, 0.3) is 0 Å². The van der Waals surface area contributed by atoms with E-state index >= 15 is 0 Å². The van der Waals surface area contributed by atoms with Gasteiger partial charge in [-0.25, -0.2) is 4.39 Å². The molecule has 0 aliphatic heterocycles. The number of aryl methyl sites for hydroxylation is 1. The van der Waals surface area contributed by atoms with Gasteiger partial charge in [0, 0.05) is 4.83 Å². The zero-order chi connectivity index (χ0) is 14.4. The van der Waals surface area contributed by atoms with Crippen molar-refractivity contribution in [2.45, 2.75) is 37.4 Å². The molecule has 0 saturated carbocycles. The van der Waals surface area contributed by atoms with Crippen LogP contribution in [0.3, 0.4) is 0 Å². The summed E-state index contributed by atoms with van der Waals surface area (Å²) in [6.45, 7) is 2.21. The first kappa shape index (κ1) is 15.2. The summed E-state index contributed by atoms with van der Waals surface area (Å²) < 4.78 is 12.9. The fraction of sp³-hybridized carbons (Fsp3) is 0.333. The molecule has 0 radical (unpaired) electrons. The molecular formula is C18H20BrF. The Labute approximate surface area is 129 Å². The Morgan fingerprint density at radius 1 is 0.950 bits per heavy atom. The van der Waals surface area contributed by atoms with Crippen LogP contribution in [-0.4, -0.2) is 0 Å². The molecule has 1 unspecified atom stereocenters. The molecule has 106 valence electrons. The summed E-state index contributed by atoms with van der Waals surface area (Å²) in [6.07, 6.45) is 4.50. The molecule has 2 heteroatoms. The molecule has 0 aliphatic rings. The summed E-state index contributed by atoms with van der Waals surface area (Å²) in [7, 11) is 0. The van der Waals surface area contributed by atoms with Crippen LogP contribution in [-0.2, 0) is 12.8 Å². The third-order valence-corrected chi connectivity index (χ3v) is 4.34. The van der Waals surface area contributed by atoms with Gasteiger partial charge in [0.15, 0.2) is 0 Å². The van der Waals surface area contributed by atoms with Crippen molar-refractivity contribution in [3.8, 4) is 0 Å². The molecule has 20 heavy (non-hydrogen) atoms. The van der Waals surface area contributed by atoms with Crippen LogP contribution >= 0.6 is 15.9 Å². The fourth-order valence-corrected chi connectivity index (χ4v) is 2.90. The van der Waals surface area contributed by atoms with E-state index in [0.717, 1.165) is 18.4 Å². The average Bonchev–Trinajstić information content (AvgIpc) is 2.48.